The summed E-state index contributed by atoms with van der Waals surface area (Å²) in [6, 6.07) is 20.8. The molecule has 156 valence electrons. The highest BCUT2D eigenvalue weighted by molar-refractivity contribution is 9.10. The fourth-order valence-corrected chi connectivity index (χ4v) is 4.40. The molecule has 0 N–H and O–H groups in total. The molecular formula is C24H20BrN3O2S. The second kappa shape index (κ2) is 9.41. The summed E-state index contributed by atoms with van der Waals surface area (Å²) in [5.74, 6) is 0.544. The minimum absolute atomic E-state index is 0.251. The average Bonchev–Trinajstić information content (AvgIpc) is 3.18. The van der Waals surface area contributed by atoms with Gasteiger partial charge in [-0.3, -0.25) is 4.79 Å². The molecule has 0 aliphatic carbocycles. The number of ether oxygens (including phenoxy) is 1. The van der Waals surface area contributed by atoms with Crippen LogP contribution >= 0.6 is 27.3 Å². The fraction of sp³-hybridized carbons (Fsp3) is 0.125. The van der Waals surface area contributed by atoms with Crippen LogP contribution in [0.25, 0.3) is 10.2 Å². The predicted molar refractivity (Wildman–Crippen MR) is 131 cm³/mol. The zero-order valence-corrected chi connectivity index (χ0v) is 19.5. The smallest absolute Gasteiger partial charge is 0.280 e. The van der Waals surface area contributed by atoms with E-state index in [-0.39, 0.29) is 5.91 Å². The van der Waals surface area contributed by atoms with Crippen molar-refractivity contribution in [3.8, 4) is 5.75 Å². The van der Waals surface area contributed by atoms with Crippen molar-refractivity contribution in [2.45, 2.75) is 13.8 Å². The zero-order chi connectivity index (χ0) is 21.8. The molecule has 0 radical (unpaired) electrons. The number of nitrogens with zero attached hydrogens (tertiary/aromatic N) is 3. The largest absolute Gasteiger partial charge is 0.494 e. The van der Waals surface area contributed by atoms with Gasteiger partial charge in [-0.2, -0.15) is 10.1 Å². The summed E-state index contributed by atoms with van der Waals surface area (Å²) < 4.78 is 7.32. The molecule has 0 atom stereocenters. The van der Waals surface area contributed by atoms with E-state index in [1.807, 2.05) is 62.4 Å². The van der Waals surface area contributed by atoms with Crippen LogP contribution in [-0.2, 0) is 0 Å². The lowest BCUT2D eigenvalue weighted by Gasteiger charge is -2.14. The number of rotatable bonds is 6. The molecule has 4 aromatic rings. The van der Waals surface area contributed by atoms with E-state index < -0.39 is 0 Å². The molecule has 7 heteroatoms. The number of carbonyl (C=O) groups is 1. The first-order chi connectivity index (χ1) is 15.0. The lowest BCUT2D eigenvalue weighted by molar-refractivity contribution is 0.0988. The van der Waals surface area contributed by atoms with Gasteiger partial charge in [0.05, 0.1) is 23.0 Å². The fourth-order valence-electron chi connectivity index (χ4n) is 2.98. The quantitative estimate of drug-likeness (QED) is 0.229. The van der Waals surface area contributed by atoms with Crippen LogP contribution in [0.15, 0.2) is 76.3 Å². The number of halogens is 1. The van der Waals surface area contributed by atoms with Gasteiger partial charge in [-0.25, -0.2) is 4.98 Å². The molecule has 1 aromatic heterocycles. The van der Waals surface area contributed by atoms with Gasteiger partial charge in [-0.15, -0.1) is 0 Å². The van der Waals surface area contributed by atoms with Crippen molar-refractivity contribution in [1.29, 1.82) is 0 Å². The molecule has 0 unspecified atom stereocenters. The highest BCUT2D eigenvalue weighted by atomic mass is 79.9. The number of hydrogen-bond acceptors (Lipinski definition) is 5. The zero-order valence-electron chi connectivity index (χ0n) is 17.1. The maximum Gasteiger partial charge on any atom is 0.280 e. The Kier molecular flexibility index (Phi) is 6.44. The Hall–Kier alpha value is -3.03. The number of amides is 1. The number of hydrazone groups is 1. The predicted octanol–water partition coefficient (Wildman–Crippen LogP) is 6.45. The summed E-state index contributed by atoms with van der Waals surface area (Å²) in [5, 5.41) is 6.39. The summed E-state index contributed by atoms with van der Waals surface area (Å²) in [6.07, 6.45) is 1.66. The van der Waals surface area contributed by atoms with Crippen molar-refractivity contribution >= 4 is 54.7 Å². The van der Waals surface area contributed by atoms with E-state index in [1.165, 1.54) is 16.3 Å². The summed E-state index contributed by atoms with van der Waals surface area (Å²) in [6.45, 7) is 4.59. The molecule has 3 aromatic carbocycles. The minimum atomic E-state index is -0.251. The molecule has 0 spiro atoms. The third-order valence-electron chi connectivity index (χ3n) is 4.49. The molecular weight excluding hydrogens is 474 g/mol. The van der Waals surface area contributed by atoms with Gasteiger partial charge in [-0.05, 0) is 79.6 Å². The molecule has 0 aliphatic heterocycles. The molecule has 4 rings (SSSR count). The topological polar surface area (TPSA) is 54.8 Å². The van der Waals surface area contributed by atoms with Crippen LogP contribution in [-0.4, -0.2) is 23.7 Å². The van der Waals surface area contributed by atoms with Gasteiger partial charge < -0.3 is 4.74 Å². The maximum absolute atomic E-state index is 13.3. The first-order valence-corrected chi connectivity index (χ1v) is 11.4. The summed E-state index contributed by atoms with van der Waals surface area (Å²) in [5.41, 5.74) is 3.36. The Balaban J connectivity index is 1.71. The summed E-state index contributed by atoms with van der Waals surface area (Å²) in [7, 11) is 0. The lowest BCUT2D eigenvalue weighted by atomic mass is 10.2. The van der Waals surface area contributed by atoms with Crippen LogP contribution in [0.1, 0.15) is 28.4 Å². The van der Waals surface area contributed by atoms with Gasteiger partial charge >= 0.3 is 0 Å². The Morgan fingerprint density at radius 1 is 1.16 bits per heavy atom. The van der Waals surface area contributed by atoms with Gasteiger partial charge in [0.1, 0.15) is 5.75 Å². The van der Waals surface area contributed by atoms with E-state index in [2.05, 4.69) is 32.1 Å². The van der Waals surface area contributed by atoms with E-state index in [4.69, 9.17) is 4.74 Å². The van der Waals surface area contributed by atoms with Gasteiger partial charge in [0.15, 0.2) is 0 Å². The van der Waals surface area contributed by atoms with E-state index in [0.29, 0.717) is 17.3 Å². The third-order valence-corrected chi connectivity index (χ3v) is 5.98. The van der Waals surface area contributed by atoms with E-state index >= 15 is 0 Å². The first kappa shape index (κ1) is 21.2. The monoisotopic (exact) mass is 493 g/mol. The molecule has 0 saturated carbocycles. The number of anilines is 1. The third kappa shape index (κ3) is 5.00. The van der Waals surface area contributed by atoms with Crippen molar-refractivity contribution in [1.82, 2.24) is 4.98 Å². The van der Waals surface area contributed by atoms with Crippen LogP contribution in [0, 0.1) is 6.92 Å². The Bertz CT molecular complexity index is 1250. The Labute approximate surface area is 193 Å². The number of fused-ring (bicyclic) bond motifs is 1. The number of aromatic nitrogens is 1. The molecule has 31 heavy (non-hydrogen) atoms. The Morgan fingerprint density at radius 2 is 1.97 bits per heavy atom. The van der Waals surface area contributed by atoms with Crippen molar-refractivity contribution in [3.63, 3.8) is 0 Å². The standard InChI is InChI=1S/C24H20BrN3O2S/c1-3-30-20-10-8-17(9-11-20)15-26-28(23(29)18-5-4-6-19(25)14-18)24-27-21-12-7-16(2)13-22(21)31-24/h4-15H,3H2,1-2H3/b26-15+. The van der Waals surface area contributed by atoms with Gasteiger partial charge in [0.2, 0.25) is 5.13 Å². The highest BCUT2D eigenvalue weighted by Gasteiger charge is 2.21. The van der Waals surface area contributed by atoms with E-state index in [1.54, 1.807) is 18.3 Å². The molecule has 1 amide bonds. The van der Waals surface area contributed by atoms with Crippen molar-refractivity contribution in [3.05, 3.63) is 87.9 Å². The number of thiazole rings is 1. The molecule has 0 bridgehead atoms. The SMILES string of the molecule is CCOc1ccc(/C=N/N(C(=O)c2cccc(Br)c2)c2nc3ccc(C)cc3s2)cc1. The van der Waals surface area contributed by atoms with Crippen LogP contribution in [0.3, 0.4) is 0 Å². The first-order valence-electron chi connectivity index (χ1n) is 9.77. The molecule has 0 aliphatic rings. The second-order valence-corrected chi connectivity index (χ2v) is 8.77. The van der Waals surface area contributed by atoms with Crippen molar-refractivity contribution in [2.75, 3.05) is 11.6 Å². The molecule has 5 nitrogen and oxygen atoms in total. The van der Waals surface area contributed by atoms with Crippen molar-refractivity contribution < 1.29 is 9.53 Å². The molecule has 0 fully saturated rings. The van der Waals surface area contributed by atoms with Crippen LogP contribution in [0.4, 0.5) is 5.13 Å². The lowest BCUT2D eigenvalue weighted by Crippen LogP contribution is -2.25. The summed E-state index contributed by atoms with van der Waals surface area (Å²) in [4.78, 5) is 18.0. The maximum atomic E-state index is 13.3. The number of benzene rings is 3. The minimum Gasteiger partial charge on any atom is -0.494 e. The van der Waals surface area contributed by atoms with Gasteiger partial charge in [0, 0.05) is 10.0 Å². The second-order valence-electron chi connectivity index (χ2n) is 6.84. The van der Waals surface area contributed by atoms with Crippen LogP contribution in [0.5, 0.6) is 5.75 Å². The summed E-state index contributed by atoms with van der Waals surface area (Å²) >= 11 is 4.87. The van der Waals surface area contributed by atoms with Gasteiger partial charge in [-0.1, -0.05) is 39.4 Å². The number of aryl methyl sites for hydroxylation is 1. The number of hydrogen-bond donors (Lipinski definition) is 0. The normalized spacial score (nSPS) is 11.2. The van der Waals surface area contributed by atoms with Crippen molar-refractivity contribution in [2.24, 2.45) is 5.10 Å². The van der Waals surface area contributed by atoms with Crippen LogP contribution < -0.4 is 9.75 Å². The van der Waals surface area contributed by atoms with Gasteiger partial charge in [0.25, 0.3) is 5.91 Å². The van der Waals surface area contributed by atoms with Crippen LogP contribution in [0.2, 0.25) is 0 Å². The Morgan fingerprint density at radius 3 is 2.71 bits per heavy atom. The average molecular weight is 494 g/mol. The highest BCUT2D eigenvalue weighted by Crippen LogP contribution is 2.31. The molecule has 1 heterocycles. The van der Waals surface area contributed by atoms with E-state index in [0.717, 1.165) is 31.6 Å². The number of carbonyl (C=O) groups excluding carboxylic acids is 1. The van der Waals surface area contributed by atoms with E-state index in [9.17, 15) is 4.79 Å². The molecule has 0 saturated heterocycles.